The summed E-state index contributed by atoms with van der Waals surface area (Å²) in [6, 6.07) is 7.21. The van der Waals surface area contributed by atoms with Crippen molar-refractivity contribution in [3.63, 3.8) is 0 Å². The summed E-state index contributed by atoms with van der Waals surface area (Å²) < 4.78 is 26.7. The first-order valence-electron chi connectivity index (χ1n) is 9.36. The Kier molecular flexibility index (Phi) is 5.61. The number of hydrogen-bond donors (Lipinski definition) is 2. The molecule has 0 amide bonds. The van der Waals surface area contributed by atoms with E-state index in [-0.39, 0.29) is 0 Å². The summed E-state index contributed by atoms with van der Waals surface area (Å²) in [6.45, 7) is 0. The van der Waals surface area contributed by atoms with Gasteiger partial charge in [-0.3, -0.25) is 4.68 Å². The van der Waals surface area contributed by atoms with Crippen molar-refractivity contribution >= 4 is 40.2 Å². The lowest BCUT2D eigenvalue weighted by Crippen LogP contribution is -2.23. The van der Waals surface area contributed by atoms with Gasteiger partial charge in [0.1, 0.15) is 5.82 Å². The molecule has 0 radical (unpaired) electrons. The number of benzene rings is 1. The molecule has 9 heteroatoms. The highest BCUT2D eigenvalue weighted by Crippen LogP contribution is 2.29. The fraction of sp³-hybridized carbons (Fsp3) is 0.421. The number of aromatic nitrogens is 4. The molecule has 3 aromatic rings. The van der Waals surface area contributed by atoms with Crippen LogP contribution in [-0.2, 0) is 7.05 Å². The largest absolute Gasteiger partial charge is 0.367 e. The van der Waals surface area contributed by atoms with Gasteiger partial charge in [-0.25, -0.2) is 0 Å². The molecule has 2 heterocycles. The molecule has 0 unspecified atom stereocenters. The molecule has 1 saturated carbocycles. The molecule has 0 saturated heterocycles. The Morgan fingerprint density at radius 3 is 2.57 bits per heavy atom. The van der Waals surface area contributed by atoms with Crippen LogP contribution in [0.1, 0.15) is 32.1 Å². The van der Waals surface area contributed by atoms with Crippen molar-refractivity contribution < 1.29 is 8.78 Å². The molecule has 1 aromatic carbocycles. The number of thioether (sulfide) groups is 1. The number of rotatable bonds is 6. The van der Waals surface area contributed by atoms with Gasteiger partial charge in [-0.2, -0.15) is 23.8 Å². The summed E-state index contributed by atoms with van der Waals surface area (Å²) in [7, 11) is 1.85. The zero-order chi connectivity index (χ0) is 19.5. The van der Waals surface area contributed by atoms with Crippen LogP contribution in [0.25, 0.3) is 11.0 Å². The lowest BCUT2D eigenvalue weighted by molar-refractivity contribution is 0.252. The van der Waals surface area contributed by atoms with Gasteiger partial charge >= 0.3 is 0 Å². The van der Waals surface area contributed by atoms with Crippen LogP contribution >= 0.6 is 11.8 Å². The third kappa shape index (κ3) is 4.35. The van der Waals surface area contributed by atoms with Gasteiger partial charge in [-0.15, -0.1) is 0 Å². The Morgan fingerprint density at radius 2 is 1.86 bits per heavy atom. The molecular formula is C19H22F2N6S. The lowest BCUT2D eigenvalue weighted by Gasteiger charge is -2.23. The summed E-state index contributed by atoms with van der Waals surface area (Å²) in [5, 5.41) is 11.9. The van der Waals surface area contributed by atoms with Crippen LogP contribution < -0.4 is 10.6 Å². The number of halogens is 2. The van der Waals surface area contributed by atoms with Crippen LogP contribution in [-0.4, -0.2) is 31.5 Å². The number of nitrogens with zero attached hydrogens (tertiary/aromatic N) is 4. The van der Waals surface area contributed by atoms with E-state index in [1.807, 2.05) is 7.05 Å². The maximum Gasteiger partial charge on any atom is 0.288 e. The third-order valence-corrected chi connectivity index (χ3v) is 5.60. The average molecular weight is 404 g/mol. The highest BCUT2D eigenvalue weighted by atomic mass is 32.2. The van der Waals surface area contributed by atoms with E-state index in [0.717, 1.165) is 35.4 Å². The fourth-order valence-electron chi connectivity index (χ4n) is 3.48. The minimum Gasteiger partial charge on any atom is -0.367 e. The van der Waals surface area contributed by atoms with Gasteiger partial charge in [0.2, 0.25) is 5.95 Å². The maximum absolute atomic E-state index is 12.5. The molecule has 0 atom stereocenters. The smallest absolute Gasteiger partial charge is 0.288 e. The predicted octanol–water partition coefficient (Wildman–Crippen LogP) is 5.17. The van der Waals surface area contributed by atoms with E-state index in [0.29, 0.717) is 28.6 Å². The molecule has 28 heavy (non-hydrogen) atoms. The Bertz CT molecular complexity index is 937. The summed E-state index contributed by atoms with van der Waals surface area (Å²) in [5.74, 6) is -1.20. The fourth-order valence-corrected chi connectivity index (χ4v) is 3.98. The van der Waals surface area contributed by atoms with Gasteiger partial charge in [0.25, 0.3) is 5.76 Å². The van der Waals surface area contributed by atoms with Gasteiger partial charge in [-0.05, 0) is 37.1 Å². The number of aryl methyl sites for hydroxylation is 1. The molecule has 0 bridgehead atoms. The van der Waals surface area contributed by atoms with Crippen LogP contribution in [0.3, 0.4) is 0 Å². The molecule has 0 spiro atoms. The molecule has 2 aromatic heterocycles. The molecule has 1 aliphatic carbocycles. The van der Waals surface area contributed by atoms with Crippen molar-refractivity contribution in [2.75, 3.05) is 10.6 Å². The summed E-state index contributed by atoms with van der Waals surface area (Å²) >= 11 is 0.526. The first kappa shape index (κ1) is 18.9. The minimum absolute atomic E-state index is 0.408. The highest BCUT2D eigenvalue weighted by Gasteiger charge is 2.18. The Balaban J connectivity index is 1.58. The van der Waals surface area contributed by atoms with Crippen LogP contribution in [0, 0.1) is 0 Å². The van der Waals surface area contributed by atoms with E-state index in [4.69, 9.17) is 0 Å². The number of alkyl halides is 2. The van der Waals surface area contributed by atoms with Crippen molar-refractivity contribution in [1.82, 2.24) is 19.7 Å². The number of fused-ring (bicyclic) bond motifs is 1. The Hall–Kier alpha value is -2.42. The first-order valence-corrected chi connectivity index (χ1v) is 10.2. The summed E-state index contributed by atoms with van der Waals surface area (Å²) in [5.41, 5.74) is 1.48. The monoisotopic (exact) mass is 404 g/mol. The third-order valence-electron chi connectivity index (χ3n) is 4.87. The SMILES string of the molecule is Cn1ncc2c(NC3CCCCC3)nc(Nc3ccc(SC(F)F)cc3)nc21. The van der Waals surface area contributed by atoms with Crippen LogP contribution in [0.4, 0.5) is 26.2 Å². The average Bonchev–Trinajstić information content (AvgIpc) is 3.05. The topological polar surface area (TPSA) is 67.7 Å². The second kappa shape index (κ2) is 8.30. The second-order valence-electron chi connectivity index (χ2n) is 6.91. The Morgan fingerprint density at radius 1 is 1.11 bits per heavy atom. The van der Waals surface area contributed by atoms with Crippen LogP contribution in [0.5, 0.6) is 0 Å². The standard InChI is InChI=1S/C19H22F2N6S/c1-27-17-15(11-22-27)16(23-12-5-3-2-4-6-12)25-19(26-17)24-13-7-9-14(10-8-13)28-18(20)21/h7-12,18H,2-6H2,1H3,(H2,23,24,25,26). The summed E-state index contributed by atoms with van der Waals surface area (Å²) in [4.78, 5) is 9.75. The lowest BCUT2D eigenvalue weighted by atomic mass is 9.95. The zero-order valence-corrected chi connectivity index (χ0v) is 16.3. The van der Waals surface area contributed by atoms with E-state index >= 15 is 0 Å². The van der Waals surface area contributed by atoms with Gasteiger partial charge < -0.3 is 10.6 Å². The maximum atomic E-state index is 12.5. The van der Waals surface area contributed by atoms with Gasteiger partial charge in [0.05, 0.1) is 11.6 Å². The molecular weight excluding hydrogens is 382 g/mol. The molecule has 6 nitrogen and oxygen atoms in total. The predicted molar refractivity (Wildman–Crippen MR) is 108 cm³/mol. The van der Waals surface area contributed by atoms with Gasteiger partial charge in [-0.1, -0.05) is 31.0 Å². The van der Waals surface area contributed by atoms with E-state index in [1.54, 1.807) is 35.1 Å². The van der Waals surface area contributed by atoms with Gasteiger partial charge in [0, 0.05) is 23.7 Å². The molecule has 1 aliphatic rings. The van der Waals surface area contributed by atoms with Crippen molar-refractivity contribution in [3.05, 3.63) is 30.5 Å². The Labute approximate surface area is 166 Å². The van der Waals surface area contributed by atoms with E-state index < -0.39 is 5.76 Å². The molecule has 1 fully saturated rings. The quantitative estimate of drug-likeness (QED) is 0.553. The van der Waals surface area contributed by atoms with Crippen LogP contribution in [0.2, 0.25) is 0 Å². The molecule has 0 aliphatic heterocycles. The second-order valence-corrected chi connectivity index (χ2v) is 7.97. The molecule has 4 rings (SSSR count). The first-order chi connectivity index (χ1) is 13.6. The van der Waals surface area contributed by atoms with Crippen molar-refractivity contribution in [2.24, 2.45) is 7.05 Å². The van der Waals surface area contributed by atoms with Crippen molar-refractivity contribution in [1.29, 1.82) is 0 Å². The normalized spacial score (nSPS) is 15.3. The van der Waals surface area contributed by atoms with E-state index in [2.05, 4.69) is 25.7 Å². The number of nitrogens with one attached hydrogen (secondary N) is 2. The highest BCUT2D eigenvalue weighted by molar-refractivity contribution is 7.99. The molecule has 148 valence electrons. The van der Waals surface area contributed by atoms with Crippen molar-refractivity contribution in [2.45, 2.75) is 48.8 Å². The van der Waals surface area contributed by atoms with Gasteiger partial charge in [0.15, 0.2) is 5.65 Å². The number of hydrogen-bond acceptors (Lipinski definition) is 6. The van der Waals surface area contributed by atoms with Crippen LogP contribution in [0.15, 0.2) is 35.4 Å². The van der Waals surface area contributed by atoms with E-state index in [9.17, 15) is 8.78 Å². The minimum atomic E-state index is -2.43. The van der Waals surface area contributed by atoms with E-state index in [1.165, 1.54) is 19.3 Å². The molecule has 2 N–H and O–H groups in total. The summed E-state index contributed by atoms with van der Waals surface area (Å²) in [6.07, 6.45) is 7.80. The zero-order valence-electron chi connectivity index (χ0n) is 15.5. The van der Waals surface area contributed by atoms with Crippen molar-refractivity contribution in [3.8, 4) is 0 Å². The number of anilines is 3.